The van der Waals surface area contributed by atoms with E-state index in [1.165, 1.54) is 12.2 Å². The third-order valence-corrected chi connectivity index (χ3v) is 3.31. The first-order chi connectivity index (χ1) is 8.70. The van der Waals surface area contributed by atoms with Crippen LogP contribution in [0, 0.1) is 0 Å². The fourth-order valence-electron chi connectivity index (χ4n) is 1.13. The Kier molecular flexibility index (Phi) is 6.61. The minimum Gasteiger partial charge on any atom is -0.283 e. The van der Waals surface area contributed by atoms with Gasteiger partial charge in [0.1, 0.15) is 0 Å². The zero-order chi connectivity index (χ0) is 13.3. The zero-order valence-corrected chi connectivity index (χ0v) is 11.1. The second kappa shape index (κ2) is 8.01. The Morgan fingerprint density at radius 1 is 1.00 bits per heavy atom. The fraction of sp³-hybridized carbons (Fsp3) is 0.231. The SMILES string of the molecule is C=CCOP(=O)(OCC=C)OCc1ccccc1. The predicted molar refractivity (Wildman–Crippen MR) is 71.1 cm³/mol. The maximum atomic E-state index is 12.1. The number of phosphoric ester groups is 1. The Hall–Kier alpha value is -1.19. The summed E-state index contributed by atoms with van der Waals surface area (Å²) in [5, 5.41) is 0. The summed E-state index contributed by atoms with van der Waals surface area (Å²) in [4.78, 5) is 0. The average molecular weight is 268 g/mol. The standard InChI is InChI=1S/C13H17O4P/c1-3-10-15-18(14,16-11-4-2)17-12-13-8-6-5-7-9-13/h3-9H,1-2,10-12H2. The molecular weight excluding hydrogens is 251 g/mol. The van der Waals surface area contributed by atoms with Gasteiger partial charge in [0.15, 0.2) is 0 Å². The molecule has 5 heteroatoms. The van der Waals surface area contributed by atoms with Gasteiger partial charge in [-0.05, 0) is 5.56 Å². The van der Waals surface area contributed by atoms with Gasteiger partial charge in [-0.15, -0.1) is 13.2 Å². The van der Waals surface area contributed by atoms with E-state index in [-0.39, 0.29) is 19.8 Å². The fourth-order valence-corrected chi connectivity index (χ4v) is 2.23. The highest BCUT2D eigenvalue weighted by atomic mass is 31.2. The van der Waals surface area contributed by atoms with Gasteiger partial charge in [0.05, 0.1) is 19.8 Å². The van der Waals surface area contributed by atoms with E-state index in [1.807, 2.05) is 30.3 Å². The van der Waals surface area contributed by atoms with Crippen LogP contribution in [0.4, 0.5) is 0 Å². The van der Waals surface area contributed by atoms with Crippen LogP contribution in [0.15, 0.2) is 55.6 Å². The monoisotopic (exact) mass is 268 g/mol. The third-order valence-electron chi connectivity index (χ3n) is 1.93. The van der Waals surface area contributed by atoms with E-state index < -0.39 is 7.82 Å². The van der Waals surface area contributed by atoms with E-state index in [9.17, 15) is 4.57 Å². The number of phosphoric acid groups is 1. The van der Waals surface area contributed by atoms with E-state index in [4.69, 9.17) is 13.6 Å². The molecule has 0 aliphatic carbocycles. The van der Waals surface area contributed by atoms with Crippen LogP contribution in [0.3, 0.4) is 0 Å². The molecule has 0 unspecified atom stereocenters. The van der Waals surface area contributed by atoms with Crippen molar-refractivity contribution < 1.29 is 18.1 Å². The van der Waals surface area contributed by atoms with Gasteiger partial charge in [-0.1, -0.05) is 42.5 Å². The maximum Gasteiger partial charge on any atom is 0.475 e. The second-order valence-electron chi connectivity index (χ2n) is 3.38. The highest BCUT2D eigenvalue weighted by Crippen LogP contribution is 2.50. The molecule has 4 nitrogen and oxygen atoms in total. The molecule has 0 atom stereocenters. The quantitative estimate of drug-likeness (QED) is 0.506. The molecule has 0 saturated carbocycles. The van der Waals surface area contributed by atoms with Crippen LogP contribution in [0.2, 0.25) is 0 Å². The average Bonchev–Trinajstić information content (AvgIpc) is 2.42. The van der Waals surface area contributed by atoms with Gasteiger partial charge in [0, 0.05) is 0 Å². The molecule has 0 radical (unpaired) electrons. The van der Waals surface area contributed by atoms with Crippen molar-refractivity contribution in [2.24, 2.45) is 0 Å². The van der Waals surface area contributed by atoms with Crippen LogP contribution in [-0.4, -0.2) is 13.2 Å². The van der Waals surface area contributed by atoms with E-state index >= 15 is 0 Å². The molecule has 1 rings (SSSR count). The molecule has 0 spiro atoms. The number of benzene rings is 1. The lowest BCUT2D eigenvalue weighted by molar-refractivity contribution is 0.125. The molecule has 18 heavy (non-hydrogen) atoms. The van der Waals surface area contributed by atoms with Crippen molar-refractivity contribution >= 4 is 7.82 Å². The molecule has 1 aromatic rings. The van der Waals surface area contributed by atoms with Gasteiger partial charge in [0.25, 0.3) is 0 Å². The molecule has 0 aliphatic heterocycles. The topological polar surface area (TPSA) is 44.8 Å². The Labute approximate surface area is 107 Å². The Morgan fingerprint density at radius 2 is 1.56 bits per heavy atom. The molecule has 0 amide bonds. The number of hydrogen-bond acceptors (Lipinski definition) is 4. The van der Waals surface area contributed by atoms with Gasteiger partial charge in [-0.25, -0.2) is 4.57 Å². The van der Waals surface area contributed by atoms with Crippen molar-refractivity contribution in [2.75, 3.05) is 13.2 Å². The highest BCUT2D eigenvalue weighted by molar-refractivity contribution is 7.48. The first-order valence-corrected chi connectivity index (χ1v) is 6.95. The van der Waals surface area contributed by atoms with Crippen molar-refractivity contribution in [1.29, 1.82) is 0 Å². The summed E-state index contributed by atoms with van der Waals surface area (Å²) in [6, 6.07) is 9.37. The first-order valence-electron chi connectivity index (χ1n) is 5.49. The van der Waals surface area contributed by atoms with Crippen LogP contribution >= 0.6 is 7.82 Å². The van der Waals surface area contributed by atoms with Crippen molar-refractivity contribution in [1.82, 2.24) is 0 Å². The van der Waals surface area contributed by atoms with Crippen LogP contribution in [0.25, 0.3) is 0 Å². The number of rotatable bonds is 9. The zero-order valence-electron chi connectivity index (χ0n) is 10.2. The summed E-state index contributed by atoms with van der Waals surface area (Å²) in [5.74, 6) is 0. The summed E-state index contributed by atoms with van der Waals surface area (Å²) in [6.45, 7) is 7.33. The molecule has 0 bridgehead atoms. The summed E-state index contributed by atoms with van der Waals surface area (Å²) in [5.41, 5.74) is 0.891. The molecule has 0 heterocycles. The molecule has 0 fully saturated rings. The lowest BCUT2D eigenvalue weighted by atomic mass is 10.2. The summed E-state index contributed by atoms with van der Waals surface area (Å²) < 4.78 is 27.5. The predicted octanol–water partition coefficient (Wildman–Crippen LogP) is 3.72. The summed E-state index contributed by atoms with van der Waals surface area (Å²) >= 11 is 0. The van der Waals surface area contributed by atoms with E-state index in [0.29, 0.717) is 0 Å². The maximum absolute atomic E-state index is 12.1. The highest BCUT2D eigenvalue weighted by Gasteiger charge is 2.25. The minimum absolute atomic E-state index is 0.100. The van der Waals surface area contributed by atoms with Crippen LogP contribution in [0.1, 0.15) is 5.56 Å². The van der Waals surface area contributed by atoms with Crippen molar-refractivity contribution in [2.45, 2.75) is 6.61 Å². The molecule has 98 valence electrons. The third kappa shape index (κ3) is 5.43. The second-order valence-corrected chi connectivity index (χ2v) is 5.04. The molecule has 0 aliphatic rings. The molecule has 0 aromatic heterocycles. The lowest BCUT2D eigenvalue weighted by Gasteiger charge is -2.16. The van der Waals surface area contributed by atoms with Crippen LogP contribution < -0.4 is 0 Å². The largest absolute Gasteiger partial charge is 0.475 e. The minimum atomic E-state index is -3.56. The Bertz CT molecular complexity index is 400. The van der Waals surface area contributed by atoms with Crippen molar-refractivity contribution in [3.63, 3.8) is 0 Å². The van der Waals surface area contributed by atoms with E-state index in [1.54, 1.807) is 0 Å². The van der Waals surface area contributed by atoms with E-state index in [0.717, 1.165) is 5.56 Å². The molecule has 1 aromatic carbocycles. The Balaban J connectivity index is 2.57. The Morgan fingerprint density at radius 3 is 2.06 bits per heavy atom. The van der Waals surface area contributed by atoms with Crippen LogP contribution in [-0.2, 0) is 24.7 Å². The summed E-state index contributed by atoms with van der Waals surface area (Å²) in [7, 11) is -3.56. The smallest absolute Gasteiger partial charge is 0.283 e. The van der Waals surface area contributed by atoms with Crippen LogP contribution in [0.5, 0.6) is 0 Å². The number of hydrogen-bond donors (Lipinski definition) is 0. The normalized spacial score (nSPS) is 11.1. The van der Waals surface area contributed by atoms with Crippen molar-refractivity contribution in [3.8, 4) is 0 Å². The van der Waals surface area contributed by atoms with Gasteiger partial charge in [0.2, 0.25) is 0 Å². The molecular formula is C13H17O4P. The van der Waals surface area contributed by atoms with E-state index in [2.05, 4.69) is 13.2 Å². The lowest BCUT2D eigenvalue weighted by Crippen LogP contribution is -2.01. The van der Waals surface area contributed by atoms with Gasteiger partial charge < -0.3 is 0 Å². The summed E-state index contributed by atoms with van der Waals surface area (Å²) in [6.07, 6.45) is 2.96. The van der Waals surface area contributed by atoms with Crippen molar-refractivity contribution in [3.05, 3.63) is 61.2 Å². The molecule has 0 N–H and O–H groups in total. The first kappa shape index (κ1) is 14.9. The molecule has 0 saturated heterocycles. The van der Waals surface area contributed by atoms with Gasteiger partial charge in [-0.2, -0.15) is 0 Å². The van der Waals surface area contributed by atoms with Gasteiger partial charge in [-0.3, -0.25) is 13.6 Å². The van der Waals surface area contributed by atoms with Gasteiger partial charge >= 0.3 is 7.82 Å².